The van der Waals surface area contributed by atoms with Crippen molar-refractivity contribution in [3.63, 3.8) is 0 Å². The van der Waals surface area contributed by atoms with E-state index in [2.05, 4.69) is 4.74 Å². The molecule has 0 aliphatic carbocycles. The number of nitrogens with zero attached hydrogens (tertiary/aromatic N) is 1. The van der Waals surface area contributed by atoms with Crippen LogP contribution in [0.4, 0.5) is 5.69 Å². The molecular formula is C13H13NO4. The predicted molar refractivity (Wildman–Crippen MR) is 64.5 cm³/mol. The van der Waals surface area contributed by atoms with Crippen molar-refractivity contribution >= 4 is 23.3 Å². The van der Waals surface area contributed by atoms with Gasteiger partial charge in [-0.15, -0.1) is 0 Å². The van der Waals surface area contributed by atoms with E-state index in [4.69, 9.17) is 0 Å². The summed E-state index contributed by atoms with van der Waals surface area (Å²) in [6.45, 7) is 0. The number of esters is 1. The Morgan fingerprint density at radius 1 is 1.28 bits per heavy atom. The molecule has 0 saturated carbocycles. The number of hydrogen-bond acceptors (Lipinski definition) is 4. The molecule has 2 rings (SSSR count). The topological polar surface area (TPSA) is 63.7 Å². The Labute approximate surface area is 104 Å². The number of fused-ring (bicyclic) bond motifs is 1. The lowest BCUT2D eigenvalue weighted by atomic mass is 9.98. The molecule has 1 amide bonds. The fourth-order valence-electron chi connectivity index (χ4n) is 2.01. The minimum absolute atomic E-state index is 0.0505. The summed E-state index contributed by atoms with van der Waals surface area (Å²) in [5.41, 5.74) is 1.97. The fraction of sp³-hybridized carbons (Fsp3) is 0.308. The molecule has 1 aromatic carbocycles. The molecule has 1 heterocycles. The first-order chi connectivity index (χ1) is 8.54. The summed E-state index contributed by atoms with van der Waals surface area (Å²) in [7, 11) is 2.87. The van der Waals surface area contributed by atoms with E-state index in [0.29, 0.717) is 18.4 Å². The second kappa shape index (κ2) is 4.60. The molecular weight excluding hydrogens is 234 g/mol. The third-order valence-electron chi connectivity index (χ3n) is 3.06. The molecule has 1 aliphatic rings. The van der Waals surface area contributed by atoms with E-state index < -0.39 is 11.8 Å². The van der Waals surface area contributed by atoms with Crippen molar-refractivity contribution in [2.24, 2.45) is 0 Å². The van der Waals surface area contributed by atoms with Crippen LogP contribution in [0.1, 0.15) is 22.3 Å². The van der Waals surface area contributed by atoms with Gasteiger partial charge in [0, 0.05) is 24.7 Å². The van der Waals surface area contributed by atoms with Gasteiger partial charge in [-0.1, -0.05) is 0 Å². The maximum absolute atomic E-state index is 11.7. The van der Waals surface area contributed by atoms with E-state index in [0.717, 1.165) is 11.3 Å². The maximum Gasteiger partial charge on any atom is 0.379 e. The van der Waals surface area contributed by atoms with Crippen LogP contribution >= 0.6 is 0 Å². The standard InChI is InChI=1S/C13H13NO4/c1-14-10-5-3-9(12(16)13(17)18-2)7-8(10)4-6-11(14)15/h3,5,7H,4,6H2,1-2H3. The molecule has 94 valence electrons. The second-order valence-electron chi connectivity index (χ2n) is 4.12. The summed E-state index contributed by atoms with van der Waals surface area (Å²) in [4.78, 5) is 35.9. The van der Waals surface area contributed by atoms with E-state index >= 15 is 0 Å². The van der Waals surface area contributed by atoms with Crippen LogP contribution in [0.15, 0.2) is 18.2 Å². The van der Waals surface area contributed by atoms with Crippen LogP contribution in [0.5, 0.6) is 0 Å². The van der Waals surface area contributed by atoms with Gasteiger partial charge in [0.2, 0.25) is 5.91 Å². The molecule has 0 unspecified atom stereocenters. The number of Topliss-reactive ketones (excluding diaryl/α,β-unsaturated/α-hetero) is 1. The number of methoxy groups -OCH3 is 1. The normalized spacial score (nSPS) is 14.1. The number of benzene rings is 1. The van der Waals surface area contributed by atoms with Crippen molar-refractivity contribution in [2.45, 2.75) is 12.8 Å². The molecule has 1 aromatic rings. The third kappa shape index (κ3) is 1.99. The number of rotatable bonds is 2. The molecule has 18 heavy (non-hydrogen) atoms. The largest absolute Gasteiger partial charge is 0.463 e. The second-order valence-corrected chi connectivity index (χ2v) is 4.12. The van der Waals surface area contributed by atoms with Gasteiger partial charge in [-0.3, -0.25) is 9.59 Å². The van der Waals surface area contributed by atoms with Crippen LogP contribution < -0.4 is 4.90 Å². The molecule has 0 spiro atoms. The lowest BCUT2D eigenvalue weighted by molar-refractivity contribution is -0.135. The van der Waals surface area contributed by atoms with Gasteiger partial charge in [-0.05, 0) is 30.2 Å². The third-order valence-corrected chi connectivity index (χ3v) is 3.06. The number of hydrogen-bond donors (Lipinski definition) is 0. The molecule has 0 atom stereocenters. The highest BCUT2D eigenvalue weighted by atomic mass is 16.5. The Bertz CT molecular complexity index is 536. The molecule has 0 N–H and O–H groups in total. The number of aryl methyl sites for hydroxylation is 1. The van der Waals surface area contributed by atoms with Gasteiger partial charge in [0.25, 0.3) is 5.78 Å². The van der Waals surface area contributed by atoms with E-state index in [1.165, 1.54) is 13.2 Å². The van der Waals surface area contributed by atoms with Gasteiger partial charge < -0.3 is 9.64 Å². The quantitative estimate of drug-likeness (QED) is 0.443. The van der Waals surface area contributed by atoms with E-state index in [1.807, 2.05) is 0 Å². The molecule has 0 aromatic heterocycles. The number of amides is 1. The van der Waals surface area contributed by atoms with Gasteiger partial charge >= 0.3 is 5.97 Å². The van der Waals surface area contributed by atoms with Gasteiger partial charge in [0.05, 0.1) is 7.11 Å². The SMILES string of the molecule is COC(=O)C(=O)c1ccc2c(c1)CCC(=O)N2C. The van der Waals surface area contributed by atoms with Gasteiger partial charge in [-0.2, -0.15) is 0 Å². The van der Waals surface area contributed by atoms with E-state index in [1.54, 1.807) is 24.1 Å². The van der Waals surface area contributed by atoms with Crippen LogP contribution in [-0.2, 0) is 20.7 Å². The summed E-state index contributed by atoms with van der Waals surface area (Å²) in [5, 5.41) is 0. The Balaban J connectivity index is 2.37. The highest BCUT2D eigenvalue weighted by Crippen LogP contribution is 2.27. The lowest BCUT2D eigenvalue weighted by Crippen LogP contribution is -2.31. The molecule has 0 bridgehead atoms. The van der Waals surface area contributed by atoms with Crippen molar-refractivity contribution in [1.82, 2.24) is 0 Å². The molecule has 0 radical (unpaired) electrons. The van der Waals surface area contributed by atoms with Crippen LogP contribution in [0.3, 0.4) is 0 Å². The highest BCUT2D eigenvalue weighted by Gasteiger charge is 2.23. The Kier molecular flexibility index (Phi) is 3.14. The van der Waals surface area contributed by atoms with Gasteiger partial charge in [0.1, 0.15) is 0 Å². The number of carbonyl (C=O) groups excluding carboxylic acids is 3. The first-order valence-corrected chi connectivity index (χ1v) is 5.56. The fourth-order valence-corrected chi connectivity index (χ4v) is 2.01. The van der Waals surface area contributed by atoms with Crippen molar-refractivity contribution in [1.29, 1.82) is 0 Å². The van der Waals surface area contributed by atoms with Crippen molar-refractivity contribution < 1.29 is 19.1 Å². The number of ether oxygens (including phenoxy) is 1. The van der Waals surface area contributed by atoms with Gasteiger partial charge in [-0.25, -0.2) is 4.79 Å². The molecule has 0 saturated heterocycles. The number of carbonyl (C=O) groups is 3. The lowest BCUT2D eigenvalue weighted by Gasteiger charge is -2.25. The summed E-state index contributed by atoms with van der Waals surface area (Å²) in [6, 6.07) is 4.87. The zero-order chi connectivity index (χ0) is 13.3. The zero-order valence-electron chi connectivity index (χ0n) is 10.2. The van der Waals surface area contributed by atoms with Crippen molar-refractivity contribution in [3.05, 3.63) is 29.3 Å². The first-order valence-electron chi connectivity index (χ1n) is 5.56. The zero-order valence-corrected chi connectivity index (χ0v) is 10.2. The van der Waals surface area contributed by atoms with E-state index in [-0.39, 0.29) is 5.91 Å². The minimum atomic E-state index is -0.879. The number of anilines is 1. The Morgan fingerprint density at radius 3 is 2.67 bits per heavy atom. The Morgan fingerprint density at radius 2 is 2.00 bits per heavy atom. The van der Waals surface area contributed by atoms with Crippen LogP contribution in [-0.4, -0.2) is 31.8 Å². The monoisotopic (exact) mass is 247 g/mol. The average molecular weight is 247 g/mol. The molecule has 5 heteroatoms. The van der Waals surface area contributed by atoms with Crippen LogP contribution in [0, 0.1) is 0 Å². The molecule has 0 fully saturated rings. The van der Waals surface area contributed by atoms with Crippen LogP contribution in [0.2, 0.25) is 0 Å². The minimum Gasteiger partial charge on any atom is -0.463 e. The average Bonchev–Trinajstić information content (AvgIpc) is 2.41. The summed E-state index contributed by atoms with van der Waals surface area (Å²) >= 11 is 0. The van der Waals surface area contributed by atoms with Crippen molar-refractivity contribution in [3.8, 4) is 0 Å². The van der Waals surface area contributed by atoms with Crippen molar-refractivity contribution in [2.75, 3.05) is 19.1 Å². The summed E-state index contributed by atoms with van der Waals surface area (Å²) < 4.78 is 4.40. The highest BCUT2D eigenvalue weighted by molar-refractivity contribution is 6.40. The van der Waals surface area contributed by atoms with Gasteiger partial charge in [0.15, 0.2) is 0 Å². The first kappa shape index (κ1) is 12.3. The summed E-state index contributed by atoms with van der Waals surface area (Å²) in [5.74, 6) is -1.50. The maximum atomic E-state index is 11.7. The predicted octanol–water partition coefficient (Wildman–Crippen LogP) is 0.951. The Hall–Kier alpha value is -2.17. The molecule has 5 nitrogen and oxygen atoms in total. The number of ketones is 1. The molecule has 1 aliphatic heterocycles. The smallest absolute Gasteiger partial charge is 0.379 e. The summed E-state index contributed by atoms with van der Waals surface area (Å²) in [6.07, 6.45) is 1.00. The van der Waals surface area contributed by atoms with Crippen LogP contribution in [0.25, 0.3) is 0 Å². The van der Waals surface area contributed by atoms with E-state index in [9.17, 15) is 14.4 Å².